The van der Waals surface area contributed by atoms with Gasteiger partial charge in [-0.3, -0.25) is 0 Å². The van der Waals surface area contributed by atoms with E-state index < -0.39 is 5.60 Å². The highest BCUT2D eigenvalue weighted by Crippen LogP contribution is 2.15. The van der Waals surface area contributed by atoms with Gasteiger partial charge in [0, 0.05) is 32.7 Å². The van der Waals surface area contributed by atoms with Gasteiger partial charge in [-0.25, -0.2) is 4.79 Å². The van der Waals surface area contributed by atoms with E-state index in [4.69, 9.17) is 17.0 Å². The molecule has 1 amide bonds. The molecule has 1 saturated heterocycles. The summed E-state index contributed by atoms with van der Waals surface area (Å²) >= 11 is 5.43. The molecule has 0 radical (unpaired) electrons. The number of piperidine rings is 1. The number of likely N-dealkylation sites (tertiary alicyclic amines) is 1. The van der Waals surface area contributed by atoms with Gasteiger partial charge in [-0.1, -0.05) is 13.3 Å². The summed E-state index contributed by atoms with van der Waals surface area (Å²) in [7, 11) is 2.03. The molecule has 0 aromatic heterocycles. The molecule has 0 saturated carbocycles. The van der Waals surface area contributed by atoms with Crippen molar-refractivity contribution in [1.82, 2.24) is 15.1 Å². The molecule has 0 aliphatic carbocycles. The van der Waals surface area contributed by atoms with Crippen molar-refractivity contribution in [2.75, 3.05) is 26.7 Å². The first kappa shape index (κ1) is 19.0. The summed E-state index contributed by atoms with van der Waals surface area (Å²) in [6.07, 6.45) is 3.91. The van der Waals surface area contributed by atoms with Crippen molar-refractivity contribution >= 4 is 23.4 Å². The van der Waals surface area contributed by atoms with Crippen LogP contribution in [0.1, 0.15) is 53.4 Å². The quantitative estimate of drug-likeness (QED) is 0.803. The summed E-state index contributed by atoms with van der Waals surface area (Å²) in [4.78, 5) is 15.9. The van der Waals surface area contributed by atoms with Gasteiger partial charge in [-0.15, -0.1) is 0 Å². The number of thiocarbonyl (C=S) groups is 1. The fraction of sp³-hybridized carbons (Fsp3) is 0.875. The highest BCUT2D eigenvalue weighted by molar-refractivity contribution is 7.80. The van der Waals surface area contributed by atoms with Crippen LogP contribution >= 0.6 is 12.2 Å². The van der Waals surface area contributed by atoms with Crippen LogP contribution in [0.4, 0.5) is 4.79 Å². The maximum atomic E-state index is 12.0. The van der Waals surface area contributed by atoms with E-state index in [0.29, 0.717) is 19.1 Å². The van der Waals surface area contributed by atoms with Crippen LogP contribution in [-0.2, 0) is 4.74 Å². The van der Waals surface area contributed by atoms with E-state index in [1.54, 1.807) is 4.90 Å². The van der Waals surface area contributed by atoms with E-state index in [0.717, 1.165) is 30.9 Å². The SMILES string of the molecule is CCCCN(C)C(=S)NC1CCN(C(=O)OC(C)(C)C)CC1. The zero-order valence-corrected chi connectivity index (χ0v) is 15.5. The van der Waals surface area contributed by atoms with Crippen LogP contribution in [0.3, 0.4) is 0 Å². The van der Waals surface area contributed by atoms with Crippen LogP contribution in [-0.4, -0.2) is 59.3 Å². The molecular weight excluding hydrogens is 298 g/mol. The maximum absolute atomic E-state index is 12.0. The Morgan fingerprint density at radius 2 is 1.95 bits per heavy atom. The minimum Gasteiger partial charge on any atom is -0.444 e. The normalized spacial score (nSPS) is 16.3. The van der Waals surface area contributed by atoms with Gasteiger partial charge in [0.15, 0.2) is 5.11 Å². The van der Waals surface area contributed by atoms with E-state index in [-0.39, 0.29) is 6.09 Å². The molecule has 1 rings (SSSR count). The zero-order valence-electron chi connectivity index (χ0n) is 14.6. The van der Waals surface area contributed by atoms with Crippen molar-refractivity contribution in [3.8, 4) is 0 Å². The fourth-order valence-corrected chi connectivity index (χ4v) is 2.57. The summed E-state index contributed by atoms with van der Waals surface area (Å²) in [6.45, 7) is 10.3. The second-order valence-electron chi connectivity index (χ2n) is 6.97. The lowest BCUT2D eigenvalue weighted by Crippen LogP contribution is -2.50. The topological polar surface area (TPSA) is 44.8 Å². The molecule has 0 aromatic carbocycles. The lowest BCUT2D eigenvalue weighted by Gasteiger charge is -2.35. The van der Waals surface area contributed by atoms with Crippen LogP contribution in [0, 0.1) is 0 Å². The average Bonchev–Trinajstić information content (AvgIpc) is 2.43. The molecule has 1 heterocycles. The van der Waals surface area contributed by atoms with Gasteiger partial charge < -0.3 is 19.9 Å². The zero-order chi connectivity index (χ0) is 16.8. The summed E-state index contributed by atoms with van der Waals surface area (Å²) in [5, 5.41) is 4.22. The maximum Gasteiger partial charge on any atom is 0.410 e. The third-order valence-corrected chi connectivity index (χ3v) is 4.10. The highest BCUT2D eigenvalue weighted by atomic mass is 32.1. The van der Waals surface area contributed by atoms with E-state index in [1.165, 1.54) is 6.42 Å². The Morgan fingerprint density at radius 3 is 2.45 bits per heavy atom. The van der Waals surface area contributed by atoms with E-state index in [1.807, 2.05) is 27.8 Å². The predicted molar refractivity (Wildman–Crippen MR) is 94.1 cm³/mol. The minimum absolute atomic E-state index is 0.214. The van der Waals surface area contributed by atoms with E-state index in [2.05, 4.69) is 17.1 Å². The van der Waals surface area contributed by atoms with Gasteiger partial charge in [-0.05, 0) is 52.3 Å². The molecule has 22 heavy (non-hydrogen) atoms. The van der Waals surface area contributed by atoms with Gasteiger partial charge in [0.1, 0.15) is 5.60 Å². The first-order valence-corrected chi connectivity index (χ1v) is 8.63. The average molecular weight is 330 g/mol. The van der Waals surface area contributed by atoms with Crippen molar-refractivity contribution in [2.24, 2.45) is 0 Å². The molecule has 6 heteroatoms. The molecule has 0 bridgehead atoms. The van der Waals surface area contributed by atoms with Crippen LogP contribution < -0.4 is 5.32 Å². The van der Waals surface area contributed by atoms with Crippen LogP contribution in [0.15, 0.2) is 0 Å². The summed E-state index contributed by atoms with van der Waals surface area (Å²) in [5.41, 5.74) is -0.435. The van der Waals surface area contributed by atoms with Crippen molar-refractivity contribution in [2.45, 2.75) is 65.0 Å². The molecule has 0 atom stereocenters. The Morgan fingerprint density at radius 1 is 1.36 bits per heavy atom. The number of amides is 1. The monoisotopic (exact) mass is 329 g/mol. The first-order chi connectivity index (χ1) is 10.2. The number of rotatable bonds is 4. The van der Waals surface area contributed by atoms with Crippen molar-refractivity contribution < 1.29 is 9.53 Å². The Balaban J connectivity index is 2.33. The number of carbonyl (C=O) groups excluding carboxylic acids is 1. The fourth-order valence-electron chi connectivity index (χ4n) is 2.31. The molecule has 0 spiro atoms. The van der Waals surface area contributed by atoms with Crippen molar-refractivity contribution in [3.63, 3.8) is 0 Å². The third kappa shape index (κ3) is 6.81. The summed E-state index contributed by atoms with van der Waals surface area (Å²) in [6, 6.07) is 0.343. The molecule has 1 aliphatic heterocycles. The van der Waals surface area contributed by atoms with Crippen LogP contribution in [0.25, 0.3) is 0 Å². The number of nitrogens with zero attached hydrogens (tertiary/aromatic N) is 2. The standard InChI is InChI=1S/C16H31N3O2S/c1-6-7-10-18(5)14(22)17-13-8-11-19(12-9-13)15(20)21-16(2,3)4/h13H,6-12H2,1-5H3,(H,17,22). The number of carbonyl (C=O) groups is 1. The predicted octanol–water partition coefficient (Wildman–Crippen LogP) is 2.99. The van der Waals surface area contributed by atoms with Crippen molar-refractivity contribution in [3.05, 3.63) is 0 Å². The molecule has 0 aromatic rings. The molecular formula is C16H31N3O2S. The molecule has 5 nitrogen and oxygen atoms in total. The van der Waals surface area contributed by atoms with E-state index in [9.17, 15) is 4.79 Å². The van der Waals surface area contributed by atoms with E-state index >= 15 is 0 Å². The molecule has 128 valence electrons. The van der Waals surface area contributed by atoms with Gasteiger partial charge in [0.25, 0.3) is 0 Å². The lowest BCUT2D eigenvalue weighted by molar-refractivity contribution is 0.0202. The van der Waals surface area contributed by atoms with Crippen LogP contribution in [0.5, 0.6) is 0 Å². The Hall–Kier alpha value is -1.04. The molecule has 1 fully saturated rings. The Kier molecular flexibility index (Phi) is 7.39. The van der Waals surface area contributed by atoms with Gasteiger partial charge >= 0.3 is 6.09 Å². The lowest BCUT2D eigenvalue weighted by atomic mass is 10.1. The second kappa shape index (κ2) is 8.56. The second-order valence-corrected chi connectivity index (χ2v) is 7.35. The van der Waals surface area contributed by atoms with Crippen LogP contribution in [0.2, 0.25) is 0 Å². The third-order valence-electron chi connectivity index (χ3n) is 3.67. The van der Waals surface area contributed by atoms with Gasteiger partial charge in [0.2, 0.25) is 0 Å². The number of unbranched alkanes of at least 4 members (excludes halogenated alkanes) is 1. The molecule has 1 N–H and O–H groups in total. The Bertz CT molecular complexity index is 374. The number of hydrogen-bond donors (Lipinski definition) is 1. The summed E-state index contributed by atoms with van der Waals surface area (Å²) < 4.78 is 5.41. The number of ether oxygens (including phenoxy) is 1. The molecule has 1 aliphatic rings. The van der Waals surface area contributed by atoms with Crippen molar-refractivity contribution in [1.29, 1.82) is 0 Å². The Labute approximate surface area is 140 Å². The first-order valence-electron chi connectivity index (χ1n) is 8.22. The minimum atomic E-state index is -0.435. The van der Waals surface area contributed by atoms with Gasteiger partial charge in [-0.2, -0.15) is 0 Å². The highest BCUT2D eigenvalue weighted by Gasteiger charge is 2.27. The molecule has 0 unspecified atom stereocenters. The van der Waals surface area contributed by atoms with Gasteiger partial charge in [0.05, 0.1) is 0 Å². The smallest absolute Gasteiger partial charge is 0.410 e. The summed E-state index contributed by atoms with van der Waals surface area (Å²) in [5.74, 6) is 0. The number of hydrogen-bond acceptors (Lipinski definition) is 3. The number of nitrogens with one attached hydrogen (secondary N) is 1. The largest absolute Gasteiger partial charge is 0.444 e.